The molecular formula is C14H14IN3O2. The van der Waals surface area contributed by atoms with Crippen LogP contribution in [-0.4, -0.2) is 23.7 Å². The second-order valence-electron chi connectivity index (χ2n) is 4.55. The molecule has 0 saturated carbocycles. The third kappa shape index (κ3) is 2.45. The van der Waals surface area contributed by atoms with E-state index in [9.17, 15) is 0 Å². The first-order chi connectivity index (χ1) is 9.69. The highest BCUT2D eigenvalue weighted by atomic mass is 127. The van der Waals surface area contributed by atoms with Crippen LogP contribution in [0.3, 0.4) is 0 Å². The Balaban J connectivity index is 2.05. The van der Waals surface area contributed by atoms with Gasteiger partial charge in [-0.15, -0.1) is 0 Å². The van der Waals surface area contributed by atoms with E-state index in [4.69, 9.17) is 15.2 Å². The topological polar surface area (TPSA) is 70.3 Å². The van der Waals surface area contributed by atoms with E-state index in [0.717, 1.165) is 33.6 Å². The summed E-state index contributed by atoms with van der Waals surface area (Å²) in [5.74, 6) is 2.06. The number of anilines is 1. The second kappa shape index (κ2) is 5.53. The zero-order valence-electron chi connectivity index (χ0n) is 11.0. The van der Waals surface area contributed by atoms with Crippen LogP contribution >= 0.6 is 22.6 Å². The molecular weight excluding hydrogens is 369 g/mol. The Hall–Kier alpha value is -1.41. The monoisotopic (exact) mass is 383 g/mol. The molecule has 0 spiro atoms. The van der Waals surface area contributed by atoms with Crippen LogP contribution in [0, 0.1) is 3.57 Å². The summed E-state index contributed by atoms with van der Waals surface area (Å²) < 4.78 is 11.5. The Morgan fingerprint density at radius 2 is 2.25 bits per heavy atom. The zero-order chi connectivity index (χ0) is 14.1. The number of methoxy groups -OCH3 is 1. The van der Waals surface area contributed by atoms with Gasteiger partial charge >= 0.3 is 0 Å². The molecule has 1 aliphatic rings. The molecule has 0 fully saturated rings. The van der Waals surface area contributed by atoms with Crippen LogP contribution in [0.4, 0.5) is 5.82 Å². The van der Waals surface area contributed by atoms with Crippen molar-refractivity contribution in [1.29, 1.82) is 0 Å². The molecule has 20 heavy (non-hydrogen) atoms. The first kappa shape index (κ1) is 13.6. The van der Waals surface area contributed by atoms with Crippen molar-refractivity contribution >= 4 is 28.4 Å². The lowest BCUT2D eigenvalue weighted by molar-refractivity contribution is 0.181. The van der Waals surface area contributed by atoms with Gasteiger partial charge < -0.3 is 15.2 Å². The van der Waals surface area contributed by atoms with Gasteiger partial charge in [-0.25, -0.2) is 9.97 Å². The molecule has 1 aliphatic heterocycles. The fraction of sp³-hybridized carbons (Fsp3) is 0.286. The maximum absolute atomic E-state index is 5.96. The van der Waals surface area contributed by atoms with E-state index in [2.05, 4.69) is 38.6 Å². The predicted octanol–water partition coefficient (Wildman–Crippen LogP) is 2.41. The van der Waals surface area contributed by atoms with Crippen molar-refractivity contribution in [2.24, 2.45) is 0 Å². The van der Waals surface area contributed by atoms with Gasteiger partial charge in [-0.3, -0.25) is 0 Å². The van der Waals surface area contributed by atoms with Crippen molar-refractivity contribution in [3.63, 3.8) is 0 Å². The van der Waals surface area contributed by atoms with Gasteiger partial charge in [0.25, 0.3) is 0 Å². The highest BCUT2D eigenvalue weighted by Gasteiger charge is 2.16. The molecule has 1 aromatic heterocycles. The fourth-order valence-electron chi connectivity index (χ4n) is 2.20. The van der Waals surface area contributed by atoms with Gasteiger partial charge in [0.2, 0.25) is 0 Å². The fourth-order valence-corrected chi connectivity index (χ4v) is 2.60. The summed E-state index contributed by atoms with van der Waals surface area (Å²) in [6.45, 7) is 1.16. The van der Waals surface area contributed by atoms with E-state index in [0.29, 0.717) is 18.2 Å². The molecule has 0 atom stereocenters. The van der Waals surface area contributed by atoms with Gasteiger partial charge in [0.1, 0.15) is 11.6 Å². The molecule has 1 aromatic carbocycles. The number of aromatic nitrogens is 2. The minimum absolute atomic E-state index is 0.423. The molecule has 2 N–H and O–H groups in total. The van der Waals surface area contributed by atoms with Crippen LogP contribution in [0.2, 0.25) is 0 Å². The standard InChI is InChI=1S/C14H14IN3O2/c1-19-7-10-12(15)13(16)18-14(17-10)9-2-3-11-8(6-9)4-5-20-11/h2-3,6H,4-5,7H2,1H3,(H2,16,17,18). The quantitative estimate of drug-likeness (QED) is 0.825. The Morgan fingerprint density at radius 3 is 3.05 bits per heavy atom. The SMILES string of the molecule is COCc1nc(-c2ccc3c(c2)CCO3)nc(N)c1I. The van der Waals surface area contributed by atoms with Crippen molar-refractivity contribution < 1.29 is 9.47 Å². The summed E-state index contributed by atoms with van der Waals surface area (Å²) in [7, 11) is 1.64. The van der Waals surface area contributed by atoms with Crippen LogP contribution in [0.5, 0.6) is 5.75 Å². The number of hydrogen-bond acceptors (Lipinski definition) is 5. The molecule has 104 valence electrons. The first-order valence-corrected chi connectivity index (χ1v) is 7.34. The van der Waals surface area contributed by atoms with Crippen molar-refractivity contribution in [1.82, 2.24) is 9.97 Å². The highest BCUT2D eigenvalue weighted by molar-refractivity contribution is 14.1. The van der Waals surface area contributed by atoms with Crippen molar-refractivity contribution in [3.05, 3.63) is 33.0 Å². The van der Waals surface area contributed by atoms with E-state index < -0.39 is 0 Å². The van der Waals surface area contributed by atoms with Gasteiger partial charge in [-0.1, -0.05) is 0 Å². The molecule has 6 heteroatoms. The molecule has 0 amide bonds. The maximum atomic E-state index is 5.96. The molecule has 2 heterocycles. The second-order valence-corrected chi connectivity index (χ2v) is 5.63. The number of halogens is 1. The summed E-state index contributed by atoms with van der Waals surface area (Å²) >= 11 is 2.14. The number of nitrogens with two attached hydrogens (primary N) is 1. The number of hydrogen-bond donors (Lipinski definition) is 1. The average Bonchev–Trinajstić information content (AvgIpc) is 2.91. The van der Waals surface area contributed by atoms with Gasteiger partial charge in [0.05, 0.1) is 22.5 Å². The Morgan fingerprint density at radius 1 is 1.40 bits per heavy atom. The number of nitrogens with zero attached hydrogens (tertiary/aromatic N) is 2. The van der Waals surface area contributed by atoms with E-state index >= 15 is 0 Å². The number of fused-ring (bicyclic) bond motifs is 1. The lowest BCUT2D eigenvalue weighted by atomic mass is 10.1. The zero-order valence-corrected chi connectivity index (χ0v) is 13.2. The van der Waals surface area contributed by atoms with Gasteiger partial charge in [-0.05, 0) is 46.4 Å². The van der Waals surface area contributed by atoms with Crippen molar-refractivity contribution in [2.75, 3.05) is 19.5 Å². The number of benzene rings is 1. The average molecular weight is 383 g/mol. The normalized spacial score (nSPS) is 13.1. The summed E-state index contributed by atoms with van der Waals surface area (Å²) in [5.41, 5.74) is 8.92. The Labute approximate surface area is 130 Å². The molecule has 0 unspecified atom stereocenters. The Kier molecular flexibility index (Phi) is 3.75. The molecule has 3 rings (SSSR count). The van der Waals surface area contributed by atoms with Crippen LogP contribution in [-0.2, 0) is 17.8 Å². The Bertz CT molecular complexity index is 661. The lowest BCUT2D eigenvalue weighted by Gasteiger charge is -2.09. The van der Waals surface area contributed by atoms with Gasteiger partial charge in [0.15, 0.2) is 5.82 Å². The van der Waals surface area contributed by atoms with Crippen molar-refractivity contribution in [3.8, 4) is 17.1 Å². The van der Waals surface area contributed by atoms with Gasteiger partial charge in [0, 0.05) is 19.1 Å². The van der Waals surface area contributed by atoms with Gasteiger partial charge in [-0.2, -0.15) is 0 Å². The molecule has 0 saturated heterocycles. The number of rotatable bonds is 3. The third-order valence-corrected chi connectivity index (χ3v) is 4.35. The minimum atomic E-state index is 0.423. The molecule has 0 aliphatic carbocycles. The molecule has 2 aromatic rings. The van der Waals surface area contributed by atoms with Crippen LogP contribution in [0.25, 0.3) is 11.4 Å². The summed E-state index contributed by atoms with van der Waals surface area (Å²) in [6.07, 6.45) is 0.925. The number of nitrogen functional groups attached to an aromatic ring is 1. The maximum Gasteiger partial charge on any atom is 0.161 e. The first-order valence-electron chi connectivity index (χ1n) is 6.26. The molecule has 0 radical (unpaired) electrons. The van der Waals surface area contributed by atoms with Crippen LogP contribution < -0.4 is 10.5 Å². The van der Waals surface area contributed by atoms with Crippen LogP contribution in [0.1, 0.15) is 11.3 Å². The number of ether oxygens (including phenoxy) is 2. The largest absolute Gasteiger partial charge is 0.493 e. The lowest BCUT2D eigenvalue weighted by Crippen LogP contribution is -2.06. The van der Waals surface area contributed by atoms with Crippen LogP contribution in [0.15, 0.2) is 18.2 Å². The smallest absolute Gasteiger partial charge is 0.161 e. The predicted molar refractivity (Wildman–Crippen MR) is 84.5 cm³/mol. The van der Waals surface area contributed by atoms with E-state index in [1.54, 1.807) is 7.11 Å². The summed E-state index contributed by atoms with van der Waals surface area (Å²) in [5, 5.41) is 0. The molecule has 5 nitrogen and oxygen atoms in total. The van der Waals surface area contributed by atoms with E-state index in [1.165, 1.54) is 5.56 Å². The summed E-state index contributed by atoms with van der Waals surface area (Å²) in [6, 6.07) is 5.99. The summed E-state index contributed by atoms with van der Waals surface area (Å²) in [4.78, 5) is 8.93. The minimum Gasteiger partial charge on any atom is -0.493 e. The van der Waals surface area contributed by atoms with Crippen molar-refractivity contribution in [2.45, 2.75) is 13.0 Å². The highest BCUT2D eigenvalue weighted by Crippen LogP contribution is 2.30. The molecule has 0 bridgehead atoms. The third-order valence-electron chi connectivity index (χ3n) is 3.17. The van der Waals surface area contributed by atoms with E-state index in [1.807, 2.05) is 12.1 Å². The van der Waals surface area contributed by atoms with E-state index in [-0.39, 0.29) is 0 Å².